The molecule has 1 saturated heterocycles. The van der Waals surface area contributed by atoms with E-state index in [-0.39, 0.29) is 11.3 Å². The number of hydrogen-bond acceptors (Lipinski definition) is 4. The van der Waals surface area contributed by atoms with Gasteiger partial charge in [-0.1, -0.05) is 44.1 Å². The predicted molar refractivity (Wildman–Crippen MR) is 103 cm³/mol. The van der Waals surface area contributed by atoms with Crippen LogP contribution in [-0.4, -0.2) is 22.5 Å². The van der Waals surface area contributed by atoms with E-state index in [0.717, 1.165) is 24.2 Å². The van der Waals surface area contributed by atoms with Crippen LogP contribution in [0.4, 0.5) is 5.69 Å². The largest absolute Gasteiger partial charge is 0.273 e. The molecular weight excluding hydrogens is 342 g/mol. The Morgan fingerprint density at radius 1 is 1.25 bits per heavy atom. The Morgan fingerprint density at radius 3 is 2.62 bits per heavy atom. The van der Waals surface area contributed by atoms with Crippen LogP contribution < -0.4 is 4.90 Å². The van der Waals surface area contributed by atoms with Crippen molar-refractivity contribution < 1.29 is 4.79 Å². The molecule has 3 rings (SSSR count). The number of rotatable bonds is 2. The number of nitrogens with zero attached hydrogens (tertiary/aromatic N) is 3. The molecule has 6 heteroatoms. The Bertz CT molecular complexity index is 697. The van der Waals surface area contributed by atoms with E-state index in [1.54, 1.807) is 17.0 Å². The van der Waals surface area contributed by atoms with Crippen LogP contribution in [0.3, 0.4) is 0 Å². The zero-order valence-electron chi connectivity index (χ0n) is 14.3. The molecule has 1 saturated carbocycles. The number of amides is 1. The molecule has 0 radical (unpaired) electrons. The summed E-state index contributed by atoms with van der Waals surface area (Å²) in [6.45, 7) is 6.82. The Balaban J connectivity index is 1.84. The van der Waals surface area contributed by atoms with Gasteiger partial charge in [0.2, 0.25) is 5.91 Å². The Kier molecular flexibility index (Phi) is 5.02. The van der Waals surface area contributed by atoms with Gasteiger partial charge in [0.1, 0.15) is 0 Å². The number of carbonyl (C=O) groups is 1. The van der Waals surface area contributed by atoms with Crippen LogP contribution >= 0.6 is 23.4 Å². The standard InChI is InChI=1S/C18H22ClN3OS/c1-12-8-14(10-18(2,3)9-12)20-21-17-22(16(23)11-24-17)15-6-4-13(19)5-7-15/h4-7,12H,8-11H2,1-3H3/b20-14-,21-17+/t12-/m1/s1. The SMILES string of the molecule is C[C@@H]1C/C(=N/N=C2/SCC(=O)N2c2ccc(Cl)cc2)CC(C)(C)C1. The zero-order valence-corrected chi connectivity index (χ0v) is 15.8. The summed E-state index contributed by atoms with van der Waals surface area (Å²) in [6, 6.07) is 7.23. The van der Waals surface area contributed by atoms with Crippen molar-refractivity contribution in [3.63, 3.8) is 0 Å². The van der Waals surface area contributed by atoms with Crippen LogP contribution in [0.25, 0.3) is 0 Å². The van der Waals surface area contributed by atoms with Crippen LogP contribution in [0.15, 0.2) is 34.5 Å². The van der Waals surface area contributed by atoms with E-state index in [9.17, 15) is 4.79 Å². The molecule has 2 fully saturated rings. The van der Waals surface area contributed by atoms with Crippen molar-refractivity contribution in [2.45, 2.75) is 40.0 Å². The van der Waals surface area contributed by atoms with Crippen molar-refractivity contribution in [2.24, 2.45) is 21.5 Å². The van der Waals surface area contributed by atoms with Gasteiger partial charge in [-0.25, -0.2) is 0 Å². The molecule has 2 aliphatic rings. The molecule has 24 heavy (non-hydrogen) atoms. The lowest BCUT2D eigenvalue weighted by Crippen LogP contribution is -2.29. The summed E-state index contributed by atoms with van der Waals surface area (Å²) in [7, 11) is 0. The molecule has 0 spiro atoms. The predicted octanol–water partition coefficient (Wildman–Crippen LogP) is 4.98. The molecule has 0 aromatic heterocycles. The normalized spacial score (nSPS) is 27.2. The van der Waals surface area contributed by atoms with E-state index in [4.69, 9.17) is 11.6 Å². The van der Waals surface area contributed by atoms with Gasteiger partial charge in [0.25, 0.3) is 0 Å². The van der Waals surface area contributed by atoms with Gasteiger partial charge < -0.3 is 0 Å². The first-order chi connectivity index (χ1) is 11.3. The molecular formula is C18H22ClN3OS. The van der Waals surface area contributed by atoms with Gasteiger partial charge in [0, 0.05) is 10.7 Å². The highest BCUT2D eigenvalue weighted by Gasteiger charge is 2.31. The lowest BCUT2D eigenvalue weighted by Gasteiger charge is -2.34. The fraction of sp³-hybridized carbons (Fsp3) is 0.500. The number of thioether (sulfide) groups is 1. The molecule has 0 bridgehead atoms. The zero-order chi connectivity index (χ0) is 17.3. The first-order valence-corrected chi connectivity index (χ1v) is 9.55. The van der Waals surface area contributed by atoms with Crippen molar-refractivity contribution in [3.8, 4) is 0 Å². The summed E-state index contributed by atoms with van der Waals surface area (Å²) < 4.78 is 0. The maximum absolute atomic E-state index is 12.2. The highest BCUT2D eigenvalue weighted by molar-refractivity contribution is 8.15. The quantitative estimate of drug-likeness (QED) is 0.695. The van der Waals surface area contributed by atoms with E-state index < -0.39 is 0 Å². The summed E-state index contributed by atoms with van der Waals surface area (Å²) in [6.07, 6.45) is 3.17. The number of anilines is 1. The lowest BCUT2D eigenvalue weighted by molar-refractivity contribution is -0.115. The summed E-state index contributed by atoms with van der Waals surface area (Å²) in [5.74, 6) is 1.05. The van der Waals surface area contributed by atoms with Crippen molar-refractivity contribution in [3.05, 3.63) is 29.3 Å². The number of carbonyl (C=O) groups excluding carboxylic acids is 1. The van der Waals surface area contributed by atoms with Gasteiger partial charge in [0.05, 0.1) is 11.4 Å². The highest BCUT2D eigenvalue weighted by atomic mass is 35.5. The second-order valence-electron chi connectivity index (χ2n) is 7.40. The van der Waals surface area contributed by atoms with Crippen molar-refractivity contribution >= 4 is 45.8 Å². The number of hydrogen-bond donors (Lipinski definition) is 0. The molecule has 128 valence electrons. The molecule has 0 N–H and O–H groups in total. The second kappa shape index (κ2) is 6.89. The summed E-state index contributed by atoms with van der Waals surface area (Å²) in [4.78, 5) is 13.8. The van der Waals surface area contributed by atoms with Gasteiger partial charge >= 0.3 is 0 Å². The van der Waals surface area contributed by atoms with Crippen molar-refractivity contribution in [1.82, 2.24) is 0 Å². The average Bonchev–Trinajstić information content (AvgIpc) is 2.85. The fourth-order valence-corrected chi connectivity index (χ4v) is 4.53. The number of amidine groups is 1. The lowest BCUT2D eigenvalue weighted by atomic mass is 9.72. The minimum absolute atomic E-state index is 0.0265. The highest BCUT2D eigenvalue weighted by Crippen LogP contribution is 2.37. The second-order valence-corrected chi connectivity index (χ2v) is 8.78. The van der Waals surface area contributed by atoms with Crippen LogP contribution in [0.5, 0.6) is 0 Å². The van der Waals surface area contributed by atoms with Crippen LogP contribution in [0.2, 0.25) is 5.02 Å². The first-order valence-electron chi connectivity index (χ1n) is 8.19. The molecule has 1 amide bonds. The summed E-state index contributed by atoms with van der Waals surface area (Å²) >= 11 is 7.37. The number of halogens is 1. The van der Waals surface area contributed by atoms with Gasteiger partial charge in [-0.2, -0.15) is 5.10 Å². The van der Waals surface area contributed by atoms with E-state index in [0.29, 0.717) is 21.9 Å². The minimum Gasteiger partial charge on any atom is -0.273 e. The molecule has 1 aliphatic carbocycles. The minimum atomic E-state index is 0.0265. The third kappa shape index (κ3) is 4.01. The summed E-state index contributed by atoms with van der Waals surface area (Å²) in [5.41, 5.74) is 2.18. The Hall–Kier alpha value is -1.33. The average molecular weight is 364 g/mol. The van der Waals surface area contributed by atoms with Gasteiger partial charge in [-0.15, -0.1) is 5.10 Å². The summed E-state index contributed by atoms with van der Waals surface area (Å²) in [5, 5.41) is 10.2. The van der Waals surface area contributed by atoms with E-state index >= 15 is 0 Å². The maximum Gasteiger partial charge on any atom is 0.243 e. The van der Waals surface area contributed by atoms with E-state index in [2.05, 4.69) is 31.0 Å². The van der Waals surface area contributed by atoms with E-state index in [1.807, 2.05) is 12.1 Å². The smallest absolute Gasteiger partial charge is 0.243 e. The molecule has 1 heterocycles. The molecule has 1 aliphatic heterocycles. The van der Waals surface area contributed by atoms with E-state index in [1.165, 1.54) is 18.2 Å². The maximum atomic E-state index is 12.2. The molecule has 0 unspecified atom stereocenters. The van der Waals surface area contributed by atoms with Gasteiger partial charge in [-0.05, 0) is 54.9 Å². The molecule has 1 aromatic rings. The van der Waals surface area contributed by atoms with Crippen LogP contribution in [0, 0.1) is 11.3 Å². The Labute approximate surface area is 152 Å². The van der Waals surface area contributed by atoms with Crippen LogP contribution in [0.1, 0.15) is 40.0 Å². The third-order valence-electron chi connectivity index (χ3n) is 4.29. The van der Waals surface area contributed by atoms with Gasteiger partial charge in [-0.3, -0.25) is 9.69 Å². The molecule has 1 atom stereocenters. The van der Waals surface area contributed by atoms with Gasteiger partial charge in [0.15, 0.2) is 5.17 Å². The van der Waals surface area contributed by atoms with Crippen LogP contribution in [-0.2, 0) is 4.79 Å². The monoisotopic (exact) mass is 363 g/mol. The first kappa shape index (κ1) is 17.5. The van der Waals surface area contributed by atoms with Crippen molar-refractivity contribution in [1.29, 1.82) is 0 Å². The third-order valence-corrected chi connectivity index (χ3v) is 5.46. The Morgan fingerprint density at radius 2 is 1.96 bits per heavy atom. The topological polar surface area (TPSA) is 45.0 Å². The fourth-order valence-electron chi connectivity index (χ4n) is 3.58. The molecule has 4 nitrogen and oxygen atoms in total. The number of benzene rings is 1. The molecule has 1 aromatic carbocycles. The van der Waals surface area contributed by atoms with Crippen molar-refractivity contribution in [2.75, 3.05) is 10.7 Å².